The second-order valence-corrected chi connectivity index (χ2v) is 6.23. The number of thiophene rings is 1. The molecule has 0 aliphatic rings. The molecule has 5 heteroatoms. The molecule has 0 saturated heterocycles. The molecule has 0 aliphatic carbocycles. The molecule has 0 aliphatic heterocycles. The summed E-state index contributed by atoms with van der Waals surface area (Å²) in [6.45, 7) is 7.33. The van der Waals surface area contributed by atoms with Gasteiger partial charge >= 0.3 is 0 Å². The normalized spacial score (nSPS) is 11.0. The molecule has 0 spiro atoms. The Bertz CT molecular complexity index is 765. The van der Waals surface area contributed by atoms with E-state index in [0.717, 1.165) is 40.4 Å². The van der Waals surface area contributed by atoms with Crippen molar-refractivity contribution in [2.75, 3.05) is 11.9 Å². The number of hydrogen-bond donors (Lipinski definition) is 1. The molecule has 108 valence electrons. The number of anilines is 1. The number of aryl methyl sites for hydroxylation is 2. The average Bonchev–Trinajstić information content (AvgIpc) is 2.80. The Kier molecular flexibility index (Phi) is 3.84. The molecule has 1 N–H and O–H groups in total. The van der Waals surface area contributed by atoms with E-state index in [2.05, 4.69) is 31.1 Å². The van der Waals surface area contributed by atoms with Gasteiger partial charge in [-0.15, -0.1) is 11.3 Å². The molecule has 0 unspecified atom stereocenters. The van der Waals surface area contributed by atoms with Gasteiger partial charge in [0, 0.05) is 29.4 Å². The maximum atomic E-state index is 4.73. The average molecular weight is 298 g/mol. The Morgan fingerprint density at radius 3 is 2.81 bits per heavy atom. The van der Waals surface area contributed by atoms with Crippen LogP contribution >= 0.6 is 11.3 Å². The van der Waals surface area contributed by atoms with Gasteiger partial charge in [0.1, 0.15) is 10.6 Å². The van der Waals surface area contributed by atoms with Crippen molar-refractivity contribution in [3.63, 3.8) is 0 Å². The van der Waals surface area contributed by atoms with Crippen LogP contribution in [0, 0.1) is 13.8 Å². The van der Waals surface area contributed by atoms with Gasteiger partial charge in [0.15, 0.2) is 5.82 Å². The van der Waals surface area contributed by atoms with E-state index < -0.39 is 0 Å². The summed E-state index contributed by atoms with van der Waals surface area (Å²) in [5, 5.41) is 4.59. The quantitative estimate of drug-likeness (QED) is 0.784. The molecule has 3 aromatic rings. The molecule has 0 radical (unpaired) electrons. The highest BCUT2D eigenvalue weighted by Crippen LogP contribution is 2.34. The third-order valence-corrected chi connectivity index (χ3v) is 4.59. The zero-order chi connectivity index (χ0) is 14.8. The first-order valence-electron chi connectivity index (χ1n) is 7.12. The molecule has 0 saturated carbocycles. The van der Waals surface area contributed by atoms with Gasteiger partial charge in [-0.1, -0.05) is 6.92 Å². The lowest BCUT2D eigenvalue weighted by Crippen LogP contribution is -2.04. The van der Waals surface area contributed by atoms with Crippen molar-refractivity contribution >= 4 is 27.4 Å². The van der Waals surface area contributed by atoms with E-state index in [1.807, 2.05) is 12.1 Å². The Balaban J connectivity index is 2.20. The summed E-state index contributed by atoms with van der Waals surface area (Å²) in [7, 11) is 0. The topological polar surface area (TPSA) is 50.7 Å². The fourth-order valence-corrected chi connectivity index (χ4v) is 3.27. The predicted molar refractivity (Wildman–Crippen MR) is 88.9 cm³/mol. The maximum Gasteiger partial charge on any atom is 0.164 e. The lowest BCUT2D eigenvalue weighted by molar-refractivity contribution is 0.970. The van der Waals surface area contributed by atoms with Crippen LogP contribution in [0.25, 0.3) is 21.6 Å². The molecule has 0 fully saturated rings. The van der Waals surface area contributed by atoms with Gasteiger partial charge in [0.05, 0.1) is 5.39 Å². The first kappa shape index (κ1) is 13.9. The van der Waals surface area contributed by atoms with Crippen LogP contribution in [0.3, 0.4) is 0 Å². The Morgan fingerprint density at radius 2 is 2.10 bits per heavy atom. The highest BCUT2D eigenvalue weighted by atomic mass is 32.1. The van der Waals surface area contributed by atoms with Gasteiger partial charge in [-0.25, -0.2) is 9.97 Å². The molecular weight excluding hydrogens is 280 g/mol. The SMILES string of the molecule is CCCNc1nc(-c2cccnc2)nc2sc(C)c(C)c12. The lowest BCUT2D eigenvalue weighted by atomic mass is 10.2. The molecule has 4 nitrogen and oxygen atoms in total. The number of aromatic nitrogens is 3. The molecule has 0 aromatic carbocycles. The van der Waals surface area contributed by atoms with Crippen LogP contribution in [-0.2, 0) is 0 Å². The van der Waals surface area contributed by atoms with Gasteiger partial charge in [0.25, 0.3) is 0 Å². The number of rotatable bonds is 4. The van der Waals surface area contributed by atoms with E-state index in [0.29, 0.717) is 0 Å². The number of nitrogens with one attached hydrogen (secondary N) is 1. The van der Waals surface area contributed by atoms with Crippen molar-refractivity contribution in [3.8, 4) is 11.4 Å². The number of hydrogen-bond acceptors (Lipinski definition) is 5. The fourth-order valence-electron chi connectivity index (χ4n) is 2.25. The molecule has 3 rings (SSSR count). The molecule has 3 heterocycles. The van der Waals surface area contributed by atoms with Gasteiger partial charge in [-0.2, -0.15) is 0 Å². The minimum Gasteiger partial charge on any atom is -0.369 e. The van der Waals surface area contributed by atoms with Crippen LogP contribution in [0.5, 0.6) is 0 Å². The Hall–Kier alpha value is -2.01. The van der Waals surface area contributed by atoms with Crippen molar-refractivity contribution < 1.29 is 0 Å². The zero-order valence-electron chi connectivity index (χ0n) is 12.5. The summed E-state index contributed by atoms with van der Waals surface area (Å²) in [6.07, 6.45) is 4.63. The van der Waals surface area contributed by atoms with E-state index in [-0.39, 0.29) is 0 Å². The maximum absolute atomic E-state index is 4.73. The fraction of sp³-hybridized carbons (Fsp3) is 0.312. The summed E-state index contributed by atoms with van der Waals surface area (Å²) in [6, 6.07) is 3.90. The van der Waals surface area contributed by atoms with Crippen LogP contribution in [0.2, 0.25) is 0 Å². The van der Waals surface area contributed by atoms with Crippen LogP contribution in [0.15, 0.2) is 24.5 Å². The summed E-state index contributed by atoms with van der Waals surface area (Å²) < 4.78 is 0. The van der Waals surface area contributed by atoms with E-state index in [1.165, 1.54) is 10.4 Å². The lowest BCUT2D eigenvalue weighted by Gasteiger charge is -2.08. The van der Waals surface area contributed by atoms with Crippen molar-refractivity contribution in [2.45, 2.75) is 27.2 Å². The van der Waals surface area contributed by atoms with Gasteiger partial charge < -0.3 is 5.32 Å². The Morgan fingerprint density at radius 1 is 1.24 bits per heavy atom. The summed E-state index contributed by atoms with van der Waals surface area (Å²) in [5.41, 5.74) is 2.22. The highest BCUT2D eigenvalue weighted by molar-refractivity contribution is 7.18. The first-order valence-corrected chi connectivity index (χ1v) is 7.94. The summed E-state index contributed by atoms with van der Waals surface area (Å²) in [5.74, 6) is 1.66. The van der Waals surface area contributed by atoms with Gasteiger partial charge in [-0.05, 0) is 38.0 Å². The zero-order valence-corrected chi connectivity index (χ0v) is 13.3. The molecular formula is C16H18N4S. The number of fused-ring (bicyclic) bond motifs is 1. The van der Waals surface area contributed by atoms with E-state index in [1.54, 1.807) is 23.7 Å². The summed E-state index contributed by atoms with van der Waals surface area (Å²) in [4.78, 5) is 15.9. The van der Waals surface area contributed by atoms with Crippen molar-refractivity contribution in [1.29, 1.82) is 0 Å². The van der Waals surface area contributed by atoms with Gasteiger partial charge in [-0.3, -0.25) is 4.98 Å². The minimum atomic E-state index is 0.732. The predicted octanol–water partition coefficient (Wildman–Crippen LogP) is 4.19. The van der Waals surface area contributed by atoms with E-state index >= 15 is 0 Å². The van der Waals surface area contributed by atoms with Gasteiger partial charge in [0.2, 0.25) is 0 Å². The van der Waals surface area contributed by atoms with Crippen LogP contribution in [0.1, 0.15) is 23.8 Å². The van der Waals surface area contributed by atoms with Crippen molar-refractivity contribution in [1.82, 2.24) is 15.0 Å². The third kappa shape index (κ3) is 2.61. The molecule has 0 amide bonds. The smallest absolute Gasteiger partial charge is 0.164 e. The van der Waals surface area contributed by atoms with Crippen LogP contribution < -0.4 is 5.32 Å². The molecule has 0 bridgehead atoms. The molecule has 21 heavy (non-hydrogen) atoms. The highest BCUT2D eigenvalue weighted by Gasteiger charge is 2.15. The van der Waals surface area contributed by atoms with Crippen molar-refractivity contribution in [3.05, 3.63) is 35.0 Å². The Labute approximate surface area is 128 Å². The molecule has 0 atom stereocenters. The molecule has 3 aromatic heterocycles. The van der Waals surface area contributed by atoms with Crippen LogP contribution in [-0.4, -0.2) is 21.5 Å². The minimum absolute atomic E-state index is 0.732. The largest absolute Gasteiger partial charge is 0.369 e. The van der Waals surface area contributed by atoms with E-state index in [9.17, 15) is 0 Å². The number of pyridine rings is 1. The second kappa shape index (κ2) is 5.77. The summed E-state index contributed by atoms with van der Waals surface area (Å²) >= 11 is 1.72. The van der Waals surface area contributed by atoms with Crippen molar-refractivity contribution in [2.24, 2.45) is 0 Å². The first-order chi connectivity index (χ1) is 10.2. The monoisotopic (exact) mass is 298 g/mol. The van der Waals surface area contributed by atoms with E-state index in [4.69, 9.17) is 9.97 Å². The second-order valence-electron chi connectivity index (χ2n) is 5.03. The van der Waals surface area contributed by atoms with Crippen LogP contribution in [0.4, 0.5) is 5.82 Å². The standard InChI is InChI=1S/C16H18N4S/c1-4-7-18-15-13-10(2)11(3)21-16(13)20-14(19-15)12-6-5-8-17-9-12/h5-6,8-9H,4,7H2,1-3H3,(H,18,19,20). The third-order valence-electron chi connectivity index (χ3n) is 3.49. The number of nitrogens with zero attached hydrogens (tertiary/aromatic N) is 3.